The highest BCUT2D eigenvalue weighted by molar-refractivity contribution is 7.99. The normalized spacial score (nSPS) is 11.9. The summed E-state index contributed by atoms with van der Waals surface area (Å²) in [5.41, 5.74) is 7.85. The molecular formula is C13H11N5OS. The minimum absolute atomic E-state index is 0.0166. The number of imidazole rings is 1. The van der Waals surface area contributed by atoms with Crippen molar-refractivity contribution in [2.45, 2.75) is 10.1 Å². The van der Waals surface area contributed by atoms with Gasteiger partial charge in [-0.2, -0.15) is 0 Å². The Morgan fingerprint density at radius 2 is 2.15 bits per heavy atom. The molecule has 0 amide bonds. The van der Waals surface area contributed by atoms with Crippen LogP contribution in [0.5, 0.6) is 0 Å². The van der Waals surface area contributed by atoms with Crippen LogP contribution in [0.15, 0.2) is 57.8 Å². The molecule has 3 rings (SSSR count). The Kier molecular flexibility index (Phi) is 3.26. The maximum atomic E-state index is 8.66. The predicted octanol–water partition coefficient (Wildman–Crippen LogP) is 2.20. The molecule has 0 radical (unpaired) electrons. The minimum Gasteiger partial charge on any atom is -0.409 e. The van der Waals surface area contributed by atoms with Crippen LogP contribution in [0.2, 0.25) is 0 Å². The number of para-hydroxylation sites is 2. The first kappa shape index (κ1) is 12.5. The summed E-state index contributed by atoms with van der Waals surface area (Å²) in [5, 5.41) is 12.4. The van der Waals surface area contributed by atoms with Gasteiger partial charge in [-0.1, -0.05) is 29.1 Å². The lowest BCUT2D eigenvalue weighted by atomic mass is 10.3. The van der Waals surface area contributed by atoms with Crippen LogP contribution in [-0.4, -0.2) is 26.0 Å². The Balaban J connectivity index is 1.90. The highest BCUT2D eigenvalue weighted by atomic mass is 32.2. The van der Waals surface area contributed by atoms with E-state index < -0.39 is 0 Å². The van der Waals surface area contributed by atoms with Gasteiger partial charge in [-0.15, -0.1) is 0 Å². The highest BCUT2D eigenvalue weighted by Crippen LogP contribution is 2.27. The number of hydrogen-bond acceptors (Lipinski definition) is 5. The van der Waals surface area contributed by atoms with E-state index in [2.05, 4.69) is 20.1 Å². The molecule has 6 nitrogen and oxygen atoms in total. The van der Waals surface area contributed by atoms with Gasteiger partial charge in [0.15, 0.2) is 11.0 Å². The zero-order valence-corrected chi connectivity index (χ0v) is 11.1. The van der Waals surface area contributed by atoms with Crippen molar-refractivity contribution >= 4 is 28.6 Å². The summed E-state index contributed by atoms with van der Waals surface area (Å²) in [6, 6.07) is 11.4. The number of benzene rings is 1. The van der Waals surface area contributed by atoms with E-state index >= 15 is 0 Å². The number of hydrogen-bond donors (Lipinski definition) is 3. The van der Waals surface area contributed by atoms with Gasteiger partial charge in [0.25, 0.3) is 0 Å². The number of nitrogens with two attached hydrogens (primary N) is 1. The van der Waals surface area contributed by atoms with E-state index in [1.807, 2.05) is 30.3 Å². The number of H-pyrrole nitrogens is 1. The van der Waals surface area contributed by atoms with Crippen molar-refractivity contribution in [1.82, 2.24) is 15.0 Å². The lowest BCUT2D eigenvalue weighted by molar-refractivity contribution is 0.318. The van der Waals surface area contributed by atoms with E-state index in [0.717, 1.165) is 21.1 Å². The monoisotopic (exact) mass is 285 g/mol. The number of rotatable bonds is 3. The van der Waals surface area contributed by atoms with Crippen molar-refractivity contribution in [1.29, 1.82) is 0 Å². The van der Waals surface area contributed by atoms with Crippen LogP contribution in [0.1, 0.15) is 5.69 Å². The zero-order chi connectivity index (χ0) is 13.9. The van der Waals surface area contributed by atoms with Gasteiger partial charge in [0.2, 0.25) is 0 Å². The third-order valence-corrected chi connectivity index (χ3v) is 3.56. The van der Waals surface area contributed by atoms with Crippen molar-refractivity contribution in [3.8, 4) is 0 Å². The smallest absolute Gasteiger partial charge is 0.188 e. The molecule has 2 heterocycles. The highest BCUT2D eigenvalue weighted by Gasteiger charge is 2.07. The Bertz CT molecular complexity index is 750. The lowest BCUT2D eigenvalue weighted by Crippen LogP contribution is -2.14. The SMILES string of the molecule is NC(=NO)c1cc(Sc2nc3ccccc3[nH]2)ccn1. The molecule has 0 atom stereocenters. The number of amidine groups is 1. The van der Waals surface area contributed by atoms with Gasteiger partial charge in [0.1, 0.15) is 5.69 Å². The van der Waals surface area contributed by atoms with Crippen LogP contribution in [0.25, 0.3) is 11.0 Å². The number of aromatic nitrogens is 3. The Hall–Kier alpha value is -2.54. The molecular weight excluding hydrogens is 274 g/mol. The molecule has 2 aromatic heterocycles. The van der Waals surface area contributed by atoms with Crippen molar-refractivity contribution in [2.24, 2.45) is 10.9 Å². The molecule has 0 saturated carbocycles. The van der Waals surface area contributed by atoms with Crippen molar-refractivity contribution in [3.05, 3.63) is 48.3 Å². The molecule has 0 aliphatic heterocycles. The summed E-state index contributed by atoms with van der Waals surface area (Å²) in [4.78, 5) is 12.6. The van der Waals surface area contributed by atoms with E-state index in [9.17, 15) is 0 Å². The topological polar surface area (TPSA) is 100 Å². The van der Waals surface area contributed by atoms with Crippen molar-refractivity contribution < 1.29 is 5.21 Å². The summed E-state index contributed by atoms with van der Waals surface area (Å²) in [7, 11) is 0. The molecule has 0 unspecified atom stereocenters. The number of nitrogens with one attached hydrogen (secondary N) is 1. The molecule has 0 fully saturated rings. The van der Waals surface area contributed by atoms with Gasteiger partial charge in [-0.25, -0.2) is 4.98 Å². The molecule has 4 N–H and O–H groups in total. The molecule has 0 bridgehead atoms. The lowest BCUT2D eigenvalue weighted by Gasteiger charge is -2.01. The van der Waals surface area contributed by atoms with Crippen molar-refractivity contribution in [2.75, 3.05) is 0 Å². The molecule has 100 valence electrons. The van der Waals surface area contributed by atoms with E-state index in [1.165, 1.54) is 11.8 Å². The maximum absolute atomic E-state index is 8.66. The number of fused-ring (bicyclic) bond motifs is 1. The Labute approximate surface area is 118 Å². The van der Waals surface area contributed by atoms with Gasteiger partial charge in [0, 0.05) is 11.1 Å². The maximum Gasteiger partial charge on any atom is 0.188 e. The van der Waals surface area contributed by atoms with E-state index in [0.29, 0.717) is 5.69 Å². The number of nitrogens with zero attached hydrogens (tertiary/aromatic N) is 3. The molecule has 20 heavy (non-hydrogen) atoms. The fourth-order valence-electron chi connectivity index (χ4n) is 1.76. The van der Waals surface area contributed by atoms with Gasteiger partial charge in [-0.05, 0) is 24.3 Å². The summed E-state index contributed by atoms with van der Waals surface area (Å²) in [6.07, 6.45) is 1.61. The first-order valence-corrected chi connectivity index (χ1v) is 6.64. The third-order valence-electron chi connectivity index (χ3n) is 2.68. The second-order valence-corrected chi connectivity index (χ2v) is 5.09. The fraction of sp³-hybridized carbons (Fsp3) is 0. The Morgan fingerprint density at radius 3 is 2.95 bits per heavy atom. The van der Waals surface area contributed by atoms with Crippen LogP contribution >= 0.6 is 11.8 Å². The minimum atomic E-state index is -0.0166. The van der Waals surface area contributed by atoms with Crippen LogP contribution < -0.4 is 5.73 Å². The summed E-state index contributed by atoms with van der Waals surface area (Å²) < 4.78 is 0. The van der Waals surface area contributed by atoms with Crippen LogP contribution in [0.3, 0.4) is 0 Å². The molecule has 0 aliphatic carbocycles. The summed E-state index contributed by atoms with van der Waals surface area (Å²) in [6.45, 7) is 0. The predicted molar refractivity (Wildman–Crippen MR) is 77.0 cm³/mol. The molecule has 3 aromatic rings. The summed E-state index contributed by atoms with van der Waals surface area (Å²) in [5.74, 6) is -0.0166. The number of oxime groups is 1. The quantitative estimate of drug-likeness (QED) is 0.296. The first-order chi connectivity index (χ1) is 9.76. The third kappa shape index (κ3) is 2.43. The van der Waals surface area contributed by atoms with E-state index in [-0.39, 0.29) is 5.84 Å². The van der Waals surface area contributed by atoms with Crippen LogP contribution in [-0.2, 0) is 0 Å². The van der Waals surface area contributed by atoms with Gasteiger partial charge in [0.05, 0.1) is 11.0 Å². The van der Waals surface area contributed by atoms with Crippen molar-refractivity contribution in [3.63, 3.8) is 0 Å². The fourth-order valence-corrected chi connectivity index (χ4v) is 2.58. The second kappa shape index (κ2) is 5.22. The Morgan fingerprint density at radius 1 is 1.30 bits per heavy atom. The van der Waals surface area contributed by atoms with Crippen LogP contribution in [0, 0.1) is 0 Å². The van der Waals surface area contributed by atoms with Gasteiger partial charge in [-0.3, -0.25) is 4.98 Å². The van der Waals surface area contributed by atoms with Crippen LogP contribution in [0.4, 0.5) is 0 Å². The van der Waals surface area contributed by atoms with E-state index in [1.54, 1.807) is 12.3 Å². The second-order valence-electron chi connectivity index (χ2n) is 4.02. The molecule has 0 aliphatic rings. The first-order valence-electron chi connectivity index (χ1n) is 5.83. The standard InChI is InChI=1S/C13H11N5OS/c14-12(18-19)11-7-8(5-6-15-11)20-13-16-9-3-1-2-4-10(9)17-13/h1-7,19H,(H2,14,18)(H,16,17). The average Bonchev–Trinajstić information content (AvgIpc) is 2.88. The molecule has 0 saturated heterocycles. The van der Waals surface area contributed by atoms with Gasteiger partial charge < -0.3 is 15.9 Å². The largest absolute Gasteiger partial charge is 0.409 e. The van der Waals surface area contributed by atoms with Gasteiger partial charge >= 0.3 is 0 Å². The number of aromatic amines is 1. The zero-order valence-electron chi connectivity index (χ0n) is 10.3. The molecule has 7 heteroatoms. The number of pyridine rings is 1. The van der Waals surface area contributed by atoms with E-state index in [4.69, 9.17) is 10.9 Å². The average molecular weight is 285 g/mol. The summed E-state index contributed by atoms with van der Waals surface area (Å²) >= 11 is 1.46. The molecule has 1 aromatic carbocycles. The molecule has 0 spiro atoms.